The zero-order valence-electron chi connectivity index (χ0n) is 8.37. The second-order valence-electron chi connectivity index (χ2n) is 3.01. The number of hydrogen-bond donors (Lipinski definition) is 1. The normalized spacial score (nSPS) is 8.93. The molecular weight excluding hydrogens is 194 g/mol. The van der Waals surface area contributed by atoms with Crippen molar-refractivity contribution in [3.05, 3.63) is 17.2 Å². The molecule has 76 valence electrons. The molecule has 0 bridgehead atoms. The number of hydrogen-bond acceptors (Lipinski definition) is 5. The van der Waals surface area contributed by atoms with Gasteiger partial charge in [0, 0.05) is 0 Å². The second kappa shape index (κ2) is 4.33. The Labute approximate surface area is 86.3 Å². The molecule has 0 amide bonds. The molecule has 15 heavy (non-hydrogen) atoms. The summed E-state index contributed by atoms with van der Waals surface area (Å²) in [6.07, 6.45) is 2.78. The van der Waals surface area contributed by atoms with Crippen LogP contribution in [0.3, 0.4) is 0 Å². The molecule has 1 rings (SSSR count). The molecule has 0 unspecified atom stereocenters. The van der Waals surface area contributed by atoms with Crippen LogP contribution < -0.4 is 5.73 Å². The van der Waals surface area contributed by atoms with E-state index in [9.17, 15) is 9.59 Å². The zero-order valence-corrected chi connectivity index (χ0v) is 8.37. The third kappa shape index (κ3) is 1.99. The topological polar surface area (TPSA) is 84.9 Å². The number of anilines is 1. The Bertz CT molecular complexity index is 496. The van der Waals surface area contributed by atoms with Gasteiger partial charge in [0.15, 0.2) is 0 Å². The lowest BCUT2D eigenvalue weighted by atomic mass is 10.1. The van der Waals surface area contributed by atoms with E-state index in [1.54, 1.807) is 13.0 Å². The molecule has 0 heterocycles. The number of nitrogens with two attached hydrogens (primary N) is 1. The number of carbonyl (C=O) groups excluding carboxylic acids is 2. The number of isocyanates is 2. The third-order valence-electron chi connectivity index (χ3n) is 2.13. The molecule has 0 saturated heterocycles. The summed E-state index contributed by atoms with van der Waals surface area (Å²) in [5.74, 6) is 0. The van der Waals surface area contributed by atoms with E-state index >= 15 is 0 Å². The fourth-order valence-corrected chi connectivity index (χ4v) is 1.26. The lowest BCUT2D eigenvalue weighted by molar-refractivity contribution is 0.564. The second-order valence-corrected chi connectivity index (χ2v) is 3.01. The largest absolute Gasteiger partial charge is 0.397 e. The van der Waals surface area contributed by atoms with Gasteiger partial charge in [0.2, 0.25) is 12.2 Å². The van der Waals surface area contributed by atoms with E-state index < -0.39 is 0 Å². The van der Waals surface area contributed by atoms with Gasteiger partial charge in [-0.25, -0.2) is 9.59 Å². The van der Waals surface area contributed by atoms with Gasteiger partial charge in [0.25, 0.3) is 0 Å². The van der Waals surface area contributed by atoms with Gasteiger partial charge in [-0.05, 0) is 31.0 Å². The number of benzene rings is 1. The highest BCUT2D eigenvalue weighted by Gasteiger charge is 2.11. The summed E-state index contributed by atoms with van der Waals surface area (Å²) >= 11 is 0. The third-order valence-corrected chi connectivity index (χ3v) is 2.13. The van der Waals surface area contributed by atoms with E-state index in [1.165, 1.54) is 12.2 Å². The highest BCUT2D eigenvalue weighted by atomic mass is 16.1. The number of rotatable bonds is 2. The van der Waals surface area contributed by atoms with Crippen molar-refractivity contribution in [3.63, 3.8) is 0 Å². The van der Waals surface area contributed by atoms with Gasteiger partial charge in [-0.1, -0.05) is 0 Å². The molecule has 5 heteroatoms. The molecule has 0 saturated carbocycles. The average molecular weight is 203 g/mol. The molecule has 0 atom stereocenters. The maximum Gasteiger partial charge on any atom is 0.240 e. The summed E-state index contributed by atoms with van der Waals surface area (Å²) in [5, 5.41) is 0. The highest BCUT2D eigenvalue weighted by molar-refractivity contribution is 5.83. The van der Waals surface area contributed by atoms with Gasteiger partial charge in [-0.2, -0.15) is 9.98 Å². The van der Waals surface area contributed by atoms with Crippen LogP contribution in [-0.4, -0.2) is 12.2 Å². The molecule has 0 aliphatic heterocycles. The fourth-order valence-electron chi connectivity index (χ4n) is 1.26. The maximum atomic E-state index is 10.2. The smallest absolute Gasteiger partial charge is 0.240 e. The lowest BCUT2D eigenvalue weighted by Gasteiger charge is -2.08. The Balaban J connectivity index is 3.67. The van der Waals surface area contributed by atoms with Crippen LogP contribution in [0.2, 0.25) is 0 Å². The molecule has 0 aliphatic rings. The van der Waals surface area contributed by atoms with E-state index in [-0.39, 0.29) is 17.1 Å². The first-order valence-corrected chi connectivity index (χ1v) is 4.17. The summed E-state index contributed by atoms with van der Waals surface area (Å²) in [5.41, 5.74) is 7.97. The van der Waals surface area contributed by atoms with Crippen LogP contribution in [0, 0.1) is 13.8 Å². The van der Waals surface area contributed by atoms with Crippen molar-refractivity contribution in [1.82, 2.24) is 0 Å². The summed E-state index contributed by atoms with van der Waals surface area (Å²) in [4.78, 5) is 27.3. The van der Waals surface area contributed by atoms with Crippen molar-refractivity contribution in [3.8, 4) is 0 Å². The number of nitrogen functional groups attached to an aromatic ring is 1. The van der Waals surface area contributed by atoms with Crippen molar-refractivity contribution in [2.24, 2.45) is 9.98 Å². The summed E-state index contributed by atoms with van der Waals surface area (Å²) < 4.78 is 0. The molecule has 0 radical (unpaired) electrons. The quantitative estimate of drug-likeness (QED) is 0.452. The Morgan fingerprint density at radius 1 is 1.13 bits per heavy atom. The van der Waals surface area contributed by atoms with E-state index in [0.717, 1.165) is 11.1 Å². The first-order chi connectivity index (χ1) is 7.11. The monoisotopic (exact) mass is 203 g/mol. The summed E-state index contributed by atoms with van der Waals surface area (Å²) in [7, 11) is 0. The van der Waals surface area contributed by atoms with Crippen molar-refractivity contribution >= 4 is 29.2 Å². The predicted octanol–water partition coefficient (Wildman–Crippen LogP) is 1.82. The highest BCUT2D eigenvalue weighted by Crippen LogP contribution is 2.38. The summed E-state index contributed by atoms with van der Waals surface area (Å²) in [6.45, 7) is 3.58. The standard InChI is InChI=1S/C10H9N3O2/c1-6-3-8(11)10(13-5-15)9(7(6)2)12-4-14/h3H,11H2,1-2H3. The number of aliphatic imine (C=N–C) groups is 2. The zero-order chi connectivity index (χ0) is 11.4. The van der Waals surface area contributed by atoms with Crippen LogP contribution in [-0.2, 0) is 9.59 Å². The summed E-state index contributed by atoms with van der Waals surface area (Å²) in [6, 6.07) is 1.66. The molecule has 2 N–H and O–H groups in total. The van der Waals surface area contributed by atoms with E-state index in [4.69, 9.17) is 5.73 Å². The van der Waals surface area contributed by atoms with Gasteiger partial charge in [0.05, 0.1) is 5.69 Å². The molecular formula is C10H9N3O2. The van der Waals surface area contributed by atoms with Gasteiger partial charge in [-0.15, -0.1) is 0 Å². The average Bonchev–Trinajstić information content (AvgIpc) is 2.20. The van der Waals surface area contributed by atoms with Gasteiger partial charge in [0.1, 0.15) is 11.4 Å². The van der Waals surface area contributed by atoms with Crippen LogP contribution in [0.25, 0.3) is 0 Å². The SMILES string of the molecule is Cc1cc(N)c(N=C=O)c(N=C=O)c1C. The van der Waals surface area contributed by atoms with Crippen molar-refractivity contribution in [1.29, 1.82) is 0 Å². The molecule has 1 aromatic carbocycles. The minimum Gasteiger partial charge on any atom is -0.397 e. The van der Waals surface area contributed by atoms with E-state index in [0.29, 0.717) is 0 Å². The molecule has 0 fully saturated rings. The molecule has 0 aromatic heterocycles. The number of aryl methyl sites for hydroxylation is 1. The molecule has 0 aliphatic carbocycles. The van der Waals surface area contributed by atoms with Crippen molar-refractivity contribution in [2.45, 2.75) is 13.8 Å². The van der Waals surface area contributed by atoms with Gasteiger partial charge >= 0.3 is 0 Å². The van der Waals surface area contributed by atoms with Crippen LogP contribution in [0.15, 0.2) is 16.1 Å². The van der Waals surface area contributed by atoms with E-state index in [2.05, 4.69) is 9.98 Å². The maximum absolute atomic E-state index is 10.2. The van der Waals surface area contributed by atoms with E-state index in [1.807, 2.05) is 6.92 Å². The van der Waals surface area contributed by atoms with Crippen molar-refractivity contribution < 1.29 is 9.59 Å². The Morgan fingerprint density at radius 2 is 1.67 bits per heavy atom. The minimum atomic E-state index is 0.163. The lowest BCUT2D eigenvalue weighted by Crippen LogP contribution is -1.91. The van der Waals surface area contributed by atoms with Crippen molar-refractivity contribution in [2.75, 3.05) is 5.73 Å². The van der Waals surface area contributed by atoms with Gasteiger partial charge < -0.3 is 5.73 Å². The minimum absolute atomic E-state index is 0.163. The van der Waals surface area contributed by atoms with Crippen LogP contribution in [0.4, 0.5) is 17.1 Å². The Kier molecular flexibility index (Phi) is 3.13. The Hall–Kier alpha value is -2.22. The number of nitrogens with zero attached hydrogens (tertiary/aromatic N) is 2. The molecule has 5 nitrogen and oxygen atoms in total. The predicted molar refractivity (Wildman–Crippen MR) is 55.9 cm³/mol. The van der Waals surface area contributed by atoms with Crippen LogP contribution >= 0.6 is 0 Å². The fraction of sp³-hybridized carbons (Fsp3) is 0.200. The first kappa shape index (κ1) is 10.9. The van der Waals surface area contributed by atoms with Gasteiger partial charge in [-0.3, -0.25) is 0 Å². The Morgan fingerprint density at radius 3 is 2.20 bits per heavy atom. The molecule has 0 spiro atoms. The first-order valence-electron chi connectivity index (χ1n) is 4.17. The van der Waals surface area contributed by atoms with Crippen LogP contribution in [0.1, 0.15) is 11.1 Å². The molecule has 1 aromatic rings. The van der Waals surface area contributed by atoms with Crippen LogP contribution in [0.5, 0.6) is 0 Å².